The van der Waals surface area contributed by atoms with Crippen molar-refractivity contribution in [3.63, 3.8) is 0 Å². The summed E-state index contributed by atoms with van der Waals surface area (Å²) in [5.41, 5.74) is 1.17. The van der Waals surface area contributed by atoms with Crippen molar-refractivity contribution in [1.82, 2.24) is 9.29 Å². The maximum atomic E-state index is 13.9. The monoisotopic (exact) mass is 531 g/mol. The number of hydrogen-bond acceptors (Lipinski definition) is 3. The first-order valence-corrected chi connectivity index (χ1v) is 11.4. The highest BCUT2D eigenvalue weighted by molar-refractivity contribution is 9.10. The van der Waals surface area contributed by atoms with E-state index in [0.29, 0.717) is 15.8 Å². The van der Waals surface area contributed by atoms with Gasteiger partial charge in [-0.2, -0.15) is 0 Å². The van der Waals surface area contributed by atoms with Crippen molar-refractivity contribution in [3.05, 3.63) is 57.1 Å². The number of rotatable bonds is 4. The third-order valence-corrected chi connectivity index (χ3v) is 6.98. The fourth-order valence-corrected chi connectivity index (χ4v) is 5.62. The van der Waals surface area contributed by atoms with E-state index >= 15 is 0 Å². The van der Waals surface area contributed by atoms with E-state index in [4.69, 9.17) is 0 Å². The van der Waals surface area contributed by atoms with Gasteiger partial charge >= 0.3 is 0 Å². The summed E-state index contributed by atoms with van der Waals surface area (Å²) >= 11 is 6.87. The Morgan fingerprint density at radius 3 is 2.50 bits per heavy atom. The number of nitrogens with one attached hydrogen (secondary N) is 1. The molecule has 3 aromatic rings. The van der Waals surface area contributed by atoms with Gasteiger partial charge in [-0.25, -0.2) is 13.0 Å². The zero-order chi connectivity index (χ0) is 19.8. The molecule has 2 heterocycles. The van der Waals surface area contributed by atoms with Gasteiger partial charge in [0, 0.05) is 58.0 Å². The van der Waals surface area contributed by atoms with Gasteiger partial charge in [0.2, 0.25) is 0 Å². The lowest BCUT2D eigenvalue weighted by Crippen LogP contribution is -2.43. The summed E-state index contributed by atoms with van der Waals surface area (Å²) in [6.07, 6.45) is -1.34. The Labute approximate surface area is 180 Å². The maximum absolute atomic E-state index is 13.9. The summed E-state index contributed by atoms with van der Waals surface area (Å²) in [4.78, 5) is 2.64. The first-order valence-electron chi connectivity index (χ1n) is 8.72. The van der Waals surface area contributed by atoms with E-state index in [9.17, 15) is 13.0 Å². The van der Waals surface area contributed by atoms with Gasteiger partial charge in [-0.15, -0.1) is 0 Å². The molecule has 1 aliphatic rings. The zero-order valence-corrected chi connectivity index (χ0v) is 18.7. The fraction of sp³-hybridized carbons (Fsp3) is 0.263. The second kappa shape index (κ2) is 8.22. The molecule has 28 heavy (non-hydrogen) atoms. The Kier molecular flexibility index (Phi) is 5.87. The summed E-state index contributed by atoms with van der Waals surface area (Å²) in [7, 11) is -1.65. The van der Waals surface area contributed by atoms with Crippen LogP contribution in [-0.4, -0.2) is 34.4 Å². The Bertz CT molecular complexity index is 1050. The van der Waals surface area contributed by atoms with Crippen LogP contribution < -0.4 is 10.2 Å². The molecule has 0 spiro atoms. The molecule has 1 fully saturated rings. The third kappa shape index (κ3) is 3.77. The van der Waals surface area contributed by atoms with Gasteiger partial charge < -0.3 is 10.2 Å². The van der Waals surface area contributed by atoms with Crippen LogP contribution in [0.15, 0.2) is 56.4 Å². The minimum absolute atomic E-state index is 0.0978. The Hall–Kier alpha value is -1.29. The summed E-state index contributed by atoms with van der Waals surface area (Å²) < 4.78 is 44.1. The van der Waals surface area contributed by atoms with Gasteiger partial charge in [-0.1, -0.05) is 37.9 Å². The molecule has 1 N–H and O–H groups in total. The minimum Gasteiger partial charge on any atom is -0.368 e. The van der Waals surface area contributed by atoms with Crippen LogP contribution in [0.3, 0.4) is 0 Å². The first-order chi connectivity index (χ1) is 13.5. The molecule has 0 amide bonds. The van der Waals surface area contributed by atoms with Crippen molar-refractivity contribution in [2.24, 2.45) is 0 Å². The molecule has 2 aromatic carbocycles. The Morgan fingerprint density at radius 2 is 1.82 bits per heavy atom. The third-order valence-electron chi connectivity index (χ3n) is 4.71. The molecule has 0 radical (unpaired) electrons. The molecule has 0 bridgehead atoms. The van der Waals surface area contributed by atoms with E-state index in [1.54, 1.807) is 24.3 Å². The van der Waals surface area contributed by atoms with E-state index in [-0.39, 0.29) is 5.56 Å². The van der Waals surface area contributed by atoms with Crippen molar-refractivity contribution in [2.75, 3.05) is 31.1 Å². The van der Waals surface area contributed by atoms with Crippen LogP contribution in [0, 0.1) is 0 Å². The predicted molar refractivity (Wildman–Crippen MR) is 116 cm³/mol. The average molecular weight is 533 g/mol. The van der Waals surface area contributed by atoms with Gasteiger partial charge in [0.25, 0.3) is 6.43 Å². The number of halogens is 4. The summed E-state index contributed by atoms with van der Waals surface area (Å²) in [6.45, 7) is 3.05. The van der Waals surface area contributed by atoms with E-state index in [0.717, 1.165) is 40.8 Å². The van der Waals surface area contributed by atoms with Crippen molar-refractivity contribution in [1.29, 1.82) is 0 Å². The number of benzene rings is 2. The quantitative estimate of drug-likeness (QED) is 0.509. The minimum atomic E-state index is -2.66. The Balaban J connectivity index is 1.93. The number of aromatic nitrogens is 1. The topological polar surface area (TPSA) is 37.3 Å². The van der Waals surface area contributed by atoms with Crippen LogP contribution in [0.2, 0.25) is 0 Å². The van der Waals surface area contributed by atoms with Gasteiger partial charge in [0.1, 0.15) is 0 Å². The lowest BCUT2D eigenvalue weighted by atomic mass is 10.1. The van der Waals surface area contributed by atoms with Gasteiger partial charge in [0.15, 0.2) is 11.0 Å². The molecule has 0 saturated carbocycles. The summed E-state index contributed by atoms with van der Waals surface area (Å²) in [5.74, 6) is 0. The van der Waals surface area contributed by atoms with Crippen molar-refractivity contribution in [3.8, 4) is 0 Å². The number of alkyl halides is 2. The molecular formula is C19H17Br2F2N3OS. The average Bonchev–Trinajstić information content (AvgIpc) is 3.07. The maximum Gasteiger partial charge on any atom is 0.266 e. The van der Waals surface area contributed by atoms with Crippen molar-refractivity contribution < 1.29 is 13.0 Å². The van der Waals surface area contributed by atoms with Crippen LogP contribution in [-0.2, 0) is 11.0 Å². The summed E-state index contributed by atoms with van der Waals surface area (Å²) in [5, 5.41) is 3.74. The second-order valence-electron chi connectivity index (χ2n) is 6.47. The van der Waals surface area contributed by atoms with Crippen LogP contribution in [0.1, 0.15) is 12.0 Å². The lowest BCUT2D eigenvalue weighted by Gasteiger charge is -2.30. The van der Waals surface area contributed by atoms with Crippen LogP contribution in [0.25, 0.3) is 10.9 Å². The molecule has 1 aliphatic heterocycles. The molecule has 0 aliphatic carbocycles. The molecule has 1 aromatic heterocycles. The molecule has 1 saturated heterocycles. The summed E-state index contributed by atoms with van der Waals surface area (Å²) in [6, 6.07) is 10.7. The molecule has 148 valence electrons. The number of anilines is 1. The number of hydrogen-bond donors (Lipinski definition) is 1. The van der Waals surface area contributed by atoms with Gasteiger partial charge in [-0.05, 0) is 30.3 Å². The van der Waals surface area contributed by atoms with Crippen LogP contribution in [0.5, 0.6) is 0 Å². The zero-order valence-electron chi connectivity index (χ0n) is 14.7. The highest BCUT2D eigenvalue weighted by Crippen LogP contribution is 2.39. The SMILES string of the molecule is O=S(c1cccc(Br)c1)n1cc(C(F)F)c2c(N3CCNCC3)cc(Br)cc21. The predicted octanol–water partition coefficient (Wildman–Crippen LogP) is 5.08. The van der Waals surface area contributed by atoms with E-state index < -0.39 is 17.4 Å². The smallest absolute Gasteiger partial charge is 0.266 e. The normalized spacial score (nSPS) is 16.1. The highest BCUT2D eigenvalue weighted by Gasteiger charge is 2.25. The first kappa shape index (κ1) is 20.0. The van der Waals surface area contributed by atoms with E-state index in [1.165, 1.54) is 10.2 Å². The molecule has 1 unspecified atom stereocenters. The van der Waals surface area contributed by atoms with Gasteiger partial charge in [-0.3, -0.25) is 3.97 Å². The van der Waals surface area contributed by atoms with Crippen LogP contribution >= 0.6 is 31.9 Å². The molecule has 9 heteroatoms. The largest absolute Gasteiger partial charge is 0.368 e. The van der Waals surface area contributed by atoms with Crippen LogP contribution in [0.4, 0.5) is 14.5 Å². The highest BCUT2D eigenvalue weighted by atomic mass is 79.9. The lowest BCUT2D eigenvalue weighted by molar-refractivity contribution is 0.153. The molecule has 4 rings (SSSR count). The number of nitrogens with zero attached hydrogens (tertiary/aromatic N) is 2. The van der Waals surface area contributed by atoms with Crippen molar-refractivity contribution in [2.45, 2.75) is 11.3 Å². The molecule has 4 nitrogen and oxygen atoms in total. The molecule has 1 atom stereocenters. The number of fused-ring (bicyclic) bond motifs is 1. The fourth-order valence-electron chi connectivity index (χ4n) is 3.46. The standard InChI is InChI=1S/C19H17Br2F2N3OS/c20-12-2-1-3-14(8-12)28(27)26-11-15(19(22)23)18-16(9-13(21)10-17(18)26)25-6-4-24-5-7-25/h1-3,8-11,19,24H,4-7H2. The van der Waals surface area contributed by atoms with E-state index in [1.807, 2.05) is 12.1 Å². The van der Waals surface area contributed by atoms with Crippen molar-refractivity contribution >= 4 is 59.4 Å². The second-order valence-corrected chi connectivity index (χ2v) is 9.67. The van der Waals surface area contributed by atoms with Gasteiger partial charge in [0.05, 0.1) is 10.4 Å². The number of piperazine rings is 1. The Morgan fingerprint density at radius 1 is 1.07 bits per heavy atom. The van der Waals surface area contributed by atoms with E-state index in [2.05, 4.69) is 42.1 Å². The molecular weight excluding hydrogens is 516 g/mol.